The summed E-state index contributed by atoms with van der Waals surface area (Å²) in [6.45, 7) is 4.38. The van der Waals surface area contributed by atoms with Crippen molar-refractivity contribution in [3.8, 4) is 11.5 Å². The summed E-state index contributed by atoms with van der Waals surface area (Å²) < 4.78 is 10.5. The summed E-state index contributed by atoms with van der Waals surface area (Å²) >= 11 is 0. The molecule has 1 amide bonds. The summed E-state index contributed by atoms with van der Waals surface area (Å²) in [5.41, 5.74) is 4.60. The zero-order valence-corrected chi connectivity index (χ0v) is 17.8. The molecule has 0 radical (unpaired) electrons. The molecule has 158 valence electrons. The molecule has 0 saturated carbocycles. The number of methoxy groups -OCH3 is 2. The average molecular weight is 408 g/mol. The Morgan fingerprint density at radius 1 is 1.10 bits per heavy atom. The number of aryl methyl sites for hydroxylation is 1. The number of hydrogen-bond donors (Lipinski definition) is 2. The predicted molar refractivity (Wildman–Crippen MR) is 120 cm³/mol. The van der Waals surface area contributed by atoms with Gasteiger partial charge in [0.1, 0.15) is 11.5 Å². The van der Waals surface area contributed by atoms with E-state index in [1.54, 1.807) is 32.4 Å². The van der Waals surface area contributed by atoms with E-state index in [1.165, 1.54) is 22.2 Å². The number of H-pyrrole nitrogens is 1. The zero-order valence-electron chi connectivity index (χ0n) is 17.8. The number of aromatic amines is 1. The molecule has 2 aromatic carbocycles. The number of amides is 1. The molecule has 0 unspecified atom stereocenters. The average Bonchev–Trinajstić information content (AvgIpc) is 3.09. The first kappa shape index (κ1) is 20.3. The molecule has 30 heavy (non-hydrogen) atoms. The van der Waals surface area contributed by atoms with Gasteiger partial charge in [-0.1, -0.05) is 18.2 Å². The summed E-state index contributed by atoms with van der Waals surface area (Å²) in [5, 5.41) is 4.30. The van der Waals surface area contributed by atoms with E-state index in [0.29, 0.717) is 29.6 Å². The molecule has 2 N–H and O–H groups in total. The number of benzene rings is 2. The van der Waals surface area contributed by atoms with Gasteiger partial charge in [-0.2, -0.15) is 0 Å². The van der Waals surface area contributed by atoms with Crippen LogP contribution >= 0.6 is 0 Å². The van der Waals surface area contributed by atoms with Gasteiger partial charge in [0, 0.05) is 40.5 Å². The Morgan fingerprint density at radius 3 is 2.43 bits per heavy atom. The molecule has 2 heterocycles. The second-order valence-electron chi connectivity index (χ2n) is 7.91. The molecule has 0 atom stereocenters. The predicted octanol–water partition coefficient (Wildman–Crippen LogP) is 4.31. The lowest BCUT2D eigenvalue weighted by molar-refractivity contribution is -0.117. The number of anilines is 1. The van der Waals surface area contributed by atoms with Crippen molar-refractivity contribution in [2.24, 2.45) is 0 Å². The SMILES string of the molecule is COc1cc(NC(=O)CN2CCC(c3c(C)[nH]c4ccccc34)CC2)cc(OC)c1. The minimum absolute atomic E-state index is 0.0213. The Morgan fingerprint density at radius 2 is 1.77 bits per heavy atom. The van der Waals surface area contributed by atoms with Crippen molar-refractivity contribution >= 4 is 22.5 Å². The molecule has 3 aromatic rings. The molecule has 1 aromatic heterocycles. The Hall–Kier alpha value is -2.99. The van der Waals surface area contributed by atoms with Crippen LogP contribution in [0.2, 0.25) is 0 Å². The second-order valence-corrected chi connectivity index (χ2v) is 7.91. The van der Waals surface area contributed by atoms with Crippen molar-refractivity contribution in [3.05, 3.63) is 53.7 Å². The first-order valence-corrected chi connectivity index (χ1v) is 10.4. The highest BCUT2D eigenvalue weighted by Crippen LogP contribution is 2.35. The number of aromatic nitrogens is 1. The smallest absolute Gasteiger partial charge is 0.238 e. The summed E-state index contributed by atoms with van der Waals surface area (Å²) in [6, 6.07) is 13.9. The van der Waals surface area contributed by atoms with Crippen LogP contribution in [0.15, 0.2) is 42.5 Å². The molecule has 6 nitrogen and oxygen atoms in total. The van der Waals surface area contributed by atoms with Crippen LogP contribution in [0.5, 0.6) is 11.5 Å². The van der Waals surface area contributed by atoms with E-state index in [0.717, 1.165) is 25.9 Å². The molecule has 0 bridgehead atoms. The maximum absolute atomic E-state index is 12.6. The van der Waals surface area contributed by atoms with Gasteiger partial charge >= 0.3 is 0 Å². The quantitative estimate of drug-likeness (QED) is 0.639. The number of piperidine rings is 1. The molecule has 1 aliphatic heterocycles. The number of para-hydroxylation sites is 1. The Bertz CT molecular complexity index is 1010. The van der Waals surface area contributed by atoms with Crippen LogP contribution in [0.25, 0.3) is 10.9 Å². The molecule has 1 fully saturated rings. The van der Waals surface area contributed by atoms with E-state index >= 15 is 0 Å². The molecular formula is C24H29N3O3. The summed E-state index contributed by atoms with van der Waals surface area (Å²) in [7, 11) is 3.19. The van der Waals surface area contributed by atoms with Gasteiger partial charge in [0.25, 0.3) is 0 Å². The van der Waals surface area contributed by atoms with E-state index in [4.69, 9.17) is 9.47 Å². The van der Waals surface area contributed by atoms with E-state index in [1.807, 2.05) is 0 Å². The maximum Gasteiger partial charge on any atom is 0.238 e. The maximum atomic E-state index is 12.6. The number of carbonyl (C=O) groups excluding carboxylic acids is 1. The van der Waals surface area contributed by atoms with Gasteiger partial charge < -0.3 is 19.8 Å². The van der Waals surface area contributed by atoms with Crippen LogP contribution in [0.3, 0.4) is 0 Å². The fraction of sp³-hybridized carbons (Fsp3) is 0.375. The first-order valence-electron chi connectivity index (χ1n) is 10.4. The minimum atomic E-state index is -0.0213. The van der Waals surface area contributed by atoms with Crippen molar-refractivity contribution < 1.29 is 14.3 Å². The molecule has 1 aliphatic rings. The van der Waals surface area contributed by atoms with Crippen molar-refractivity contribution in [2.75, 3.05) is 39.2 Å². The van der Waals surface area contributed by atoms with Gasteiger partial charge in [-0.05, 0) is 50.4 Å². The number of fused-ring (bicyclic) bond motifs is 1. The molecule has 0 aliphatic carbocycles. The minimum Gasteiger partial charge on any atom is -0.497 e. The lowest BCUT2D eigenvalue weighted by Crippen LogP contribution is -2.38. The first-order chi connectivity index (χ1) is 14.6. The lowest BCUT2D eigenvalue weighted by Gasteiger charge is -2.31. The van der Waals surface area contributed by atoms with Crippen molar-refractivity contribution in [1.29, 1.82) is 0 Å². The van der Waals surface area contributed by atoms with Crippen LogP contribution in [0.1, 0.15) is 30.0 Å². The van der Waals surface area contributed by atoms with Gasteiger partial charge in [0.2, 0.25) is 5.91 Å². The van der Waals surface area contributed by atoms with Gasteiger partial charge in [0.05, 0.1) is 20.8 Å². The normalized spacial score (nSPS) is 15.3. The topological polar surface area (TPSA) is 66.6 Å². The van der Waals surface area contributed by atoms with Gasteiger partial charge in [-0.25, -0.2) is 0 Å². The third-order valence-corrected chi connectivity index (χ3v) is 5.94. The fourth-order valence-corrected chi connectivity index (χ4v) is 4.49. The molecule has 6 heteroatoms. The molecular weight excluding hydrogens is 378 g/mol. The summed E-state index contributed by atoms with van der Waals surface area (Å²) in [4.78, 5) is 18.3. The van der Waals surface area contributed by atoms with Crippen LogP contribution in [0, 0.1) is 6.92 Å². The van der Waals surface area contributed by atoms with E-state index in [9.17, 15) is 4.79 Å². The van der Waals surface area contributed by atoms with Gasteiger partial charge in [-0.15, -0.1) is 0 Å². The highest BCUT2D eigenvalue weighted by atomic mass is 16.5. The fourth-order valence-electron chi connectivity index (χ4n) is 4.49. The number of likely N-dealkylation sites (tertiary alicyclic amines) is 1. The van der Waals surface area contributed by atoms with Crippen LogP contribution in [-0.4, -0.2) is 49.6 Å². The monoisotopic (exact) mass is 407 g/mol. The Labute approximate surface area is 177 Å². The number of hydrogen-bond acceptors (Lipinski definition) is 4. The Balaban J connectivity index is 1.36. The van der Waals surface area contributed by atoms with Crippen LogP contribution in [-0.2, 0) is 4.79 Å². The number of nitrogens with zero attached hydrogens (tertiary/aromatic N) is 1. The third-order valence-electron chi connectivity index (χ3n) is 5.94. The standard InChI is InChI=1S/C24H29N3O3/c1-16-24(21-6-4-5-7-22(21)25-16)17-8-10-27(11-9-17)15-23(28)26-18-12-19(29-2)14-20(13-18)30-3/h4-7,12-14,17,25H,8-11,15H2,1-3H3,(H,26,28). The highest BCUT2D eigenvalue weighted by Gasteiger charge is 2.25. The third kappa shape index (κ3) is 4.28. The highest BCUT2D eigenvalue weighted by molar-refractivity contribution is 5.92. The van der Waals surface area contributed by atoms with E-state index in [-0.39, 0.29) is 5.91 Å². The number of ether oxygens (including phenoxy) is 2. The number of carbonyl (C=O) groups is 1. The van der Waals surface area contributed by atoms with Crippen molar-refractivity contribution in [2.45, 2.75) is 25.7 Å². The van der Waals surface area contributed by atoms with E-state index in [2.05, 4.69) is 46.4 Å². The summed E-state index contributed by atoms with van der Waals surface area (Å²) in [5.74, 6) is 1.81. The zero-order chi connectivity index (χ0) is 21.1. The lowest BCUT2D eigenvalue weighted by atomic mass is 9.87. The number of nitrogens with one attached hydrogen (secondary N) is 2. The van der Waals surface area contributed by atoms with Gasteiger partial charge in [0.15, 0.2) is 0 Å². The molecule has 4 rings (SSSR count). The van der Waals surface area contributed by atoms with Crippen molar-refractivity contribution in [1.82, 2.24) is 9.88 Å². The largest absolute Gasteiger partial charge is 0.497 e. The van der Waals surface area contributed by atoms with Gasteiger partial charge in [-0.3, -0.25) is 9.69 Å². The van der Waals surface area contributed by atoms with Crippen LogP contribution < -0.4 is 14.8 Å². The van der Waals surface area contributed by atoms with Crippen molar-refractivity contribution in [3.63, 3.8) is 0 Å². The second kappa shape index (κ2) is 8.79. The summed E-state index contributed by atoms with van der Waals surface area (Å²) in [6.07, 6.45) is 2.12. The number of rotatable bonds is 6. The Kier molecular flexibility index (Phi) is 5.95. The van der Waals surface area contributed by atoms with Crippen LogP contribution in [0.4, 0.5) is 5.69 Å². The molecule has 0 spiro atoms. The molecule has 1 saturated heterocycles. The van der Waals surface area contributed by atoms with E-state index < -0.39 is 0 Å².